The molecule has 0 aliphatic heterocycles. The number of fused-ring (bicyclic) bond motifs is 2. The number of ether oxygens (including phenoxy) is 1. The predicted molar refractivity (Wildman–Crippen MR) is 119 cm³/mol. The van der Waals surface area contributed by atoms with Crippen molar-refractivity contribution in [3.8, 4) is 28.0 Å². The molecule has 0 radical (unpaired) electrons. The minimum Gasteiger partial charge on any atom is -0.497 e. The minimum absolute atomic E-state index is 0.0144. The molecule has 0 spiro atoms. The molecule has 0 aromatic heterocycles. The van der Waals surface area contributed by atoms with Gasteiger partial charge >= 0.3 is 0 Å². The Morgan fingerprint density at radius 2 is 1.03 bits per heavy atom. The summed E-state index contributed by atoms with van der Waals surface area (Å²) in [5.74, 6) is -2.70. The molecule has 32 heavy (non-hydrogen) atoms. The van der Waals surface area contributed by atoms with E-state index in [-0.39, 0.29) is 16.3 Å². The summed E-state index contributed by atoms with van der Waals surface area (Å²) < 4.78 is 63.5. The van der Waals surface area contributed by atoms with E-state index in [0.717, 1.165) is 24.3 Å². The van der Waals surface area contributed by atoms with Crippen LogP contribution in [0.5, 0.6) is 5.75 Å². The smallest absolute Gasteiger partial charge is 0.159 e. The molecule has 0 amide bonds. The minimum atomic E-state index is -1.06. The Bertz CT molecular complexity index is 1490. The van der Waals surface area contributed by atoms with Gasteiger partial charge in [0.2, 0.25) is 0 Å². The molecule has 5 rings (SSSR count). The highest BCUT2D eigenvalue weighted by atomic mass is 19.2. The lowest BCUT2D eigenvalue weighted by Crippen LogP contribution is -1.96. The molecule has 5 heteroatoms. The molecule has 5 aromatic carbocycles. The molecule has 0 aliphatic rings. The summed E-state index contributed by atoms with van der Waals surface area (Å²) in [6, 6.07) is 19.7. The molecule has 0 atom stereocenters. The van der Waals surface area contributed by atoms with Crippen LogP contribution in [0.25, 0.3) is 43.8 Å². The maximum atomic E-state index is 15.3. The Morgan fingerprint density at radius 3 is 1.56 bits per heavy atom. The molecule has 0 N–H and O–H groups in total. The second-order valence-electron chi connectivity index (χ2n) is 7.43. The van der Waals surface area contributed by atoms with E-state index in [0.29, 0.717) is 33.2 Å². The summed E-state index contributed by atoms with van der Waals surface area (Å²) >= 11 is 0. The van der Waals surface area contributed by atoms with Crippen molar-refractivity contribution in [2.75, 3.05) is 7.11 Å². The highest BCUT2D eigenvalue weighted by molar-refractivity contribution is 6.21. The molecule has 0 bridgehead atoms. The summed E-state index contributed by atoms with van der Waals surface area (Å²) in [5, 5.41) is 1.35. The topological polar surface area (TPSA) is 9.23 Å². The van der Waals surface area contributed by atoms with Crippen molar-refractivity contribution in [3.05, 3.63) is 102 Å². The van der Waals surface area contributed by atoms with Crippen LogP contribution in [0.3, 0.4) is 0 Å². The first-order chi connectivity index (χ1) is 15.5. The van der Waals surface area contributed by atoms with Crippen LogP contribution in [-0.4, -0.2) is 7.11 Å². The third-order valence-electron chi connectivity index (χ3n) is 5.66. The Kier molecular flexibility index (Phi) is 4.82. The quantitative estimate of drug-likeness (QED) is 0.208. The van der Waals surface area contributed by atoms with Crippen molar-refractivity contribution in [3.63, 3.8) is 0 Å². The maximum absolute atomic E-state index is 15.3. The van der Waals surface area contributed by atoms with Gasteiger partial charge in [-0.05, 0) is 58.3 Å². The molecule has 0 saturated carbocycles. The van der Waals surface area contributed by atoms with Gasteiger partial charge in [-0.25, -0.2) is 17.6 Å². The molecule has 0 unspecified atom stereocenters. The van der Waals surface area contributed by atoms with Gasteiger partial charge in [0.25, 0.3) is 0 Å². The molecule has 5 aromatic rings. The fourth-order valence-electron chi connectivity index (χ4n) is 4.24. The Labute approximate surface area is 181 Å². The summed E-state index contributed by atoms with van der Waals surface area (Å²) in [5.41, 5.74) is 1.76. The molecule has 0 heterocycles. The third-order valence-corrected chi connectivity index (χ3v) is 5.66. The van der Waals surface area contributed by atoms with Crippen LogP contribution in [-0.2, 0) is 0 Å². The van der Waals surface area contributed by atoms with E-state index in [1.807, 2.05) is 6.07 Å². The van der Waals surface area contributed by atoms with E-state index in [1.165, 1.54) is 6.07 Å². The van der Waals surface area contributed by atoms with E-state index < -0.39 is 23.3 Å². The van der Waals surface area contributed by atoms with Gasteiger partial charge in [0.1, 0.15) is 17.4 Å². The molecule has 158 valence electrons. The van der Waals surface area contributed by atoms with Crippen molar-refractivity contribution < 1.29 is 22.3 Å². The van der Waals surface area contributed by atoms with Gasteiger partial charge in [-0.15, -0.1) is 0 Å². The number of rotatable bonds is 3. The number of benzene rings is 5. The lowest BCUT2D eigenvalue weighted by molar-refractivity contribution is 0.415. The molecular weight excluding hydrogens is 416 g/mol. The normalized spacial score (nSPS) is 11.3. The standard InChI is InChI=1S/C27H16F4O/c1-32-17-9-6-15(7-10-17)24-18-4-2-3-5-19(18)25(16-8-11-20(28)23(31)14-16)27-22(30)13-12-21(29)26(24)27/h2-14H,1H3. The van der Waals surface area contributed by atoms with Gasteiger partial charge in [-0.1, -0.05) is 42.5 Å². The van der Waals surface area contributed by atoms with E-state index in [2.05, 4.69) is 0 Å². The van der Waals surface area contributed by atoms with Crippen LogP contribution in [0, 0.1) is 23.3 Å². The van der Waals surface area contributed by atoms with E-state index in [1.54, 1.807) is 49.6 Å². The highest BCUT2D eigenvalue weighted by Gasteiger charge is 2.22. The van der Waals surface area contributed by atoms with Crippen LogP contribution in [0.4, 0.5) is 17.6 Å². The Balaban J connectivity index is 2.00. The van der Waals surface area contributed by atoms with Crippen LogP contribution in [0.2, 0.25) is 0 Å². The number of halogens is 4. The summed E-state index contributed by atoms with van der Waals surface area (Å²) in [4.78, 5) is 0. The van der Waals surface area contributed by atoms with Gasteiger partial charge in [0.05, 0.1) is 7.11 Å². The van der Waals surface area contributed by atoms with Crippen LogP contribution >= 0.6 is 0 Å². The fourth-order valence-corrected chi connectivity index (χ4v) is 4.24. The van der Waals surface area contributed by atoms with Crippen LogP contribution in [0.15, 0.2) is 78.9 Å². The second kappa shape index (κ2) is 7.68. The number of hydrogen-bond acceptors (Lipinski definition) is 1. The zero-order chi connectivity index (χ0) is 22.4. The average molecular weight is 432 g/mol. The summed E-state index contributed by atoms with van der Waals surface area (Å²) in [6.45, 7) is 0. The second-order valence-corrected chi connectivity index (χ2v) is 7.43. The zero-order valence-corrected chi connectivity index (χ0v) is 16.9. The largest absolute Gasteiger partial charge is 0.497 e. The van der Waals surface area contributed by atoms with Gasteiger partial charge in [-0.2, -0.15) is 0 Å². The first kappa shape index (κ1) is 20.1. The predicted octanol–water partition coefficient (Wildman–Crippen LogP) is 7.89. The number of methoxy groups -OCH3 is 1. The fraction of sp³-hybridized carbons (Fsp3) is 0.0370. The van der Waals surface area contributed by atoms with Gasteiger partial charge < -0.3 is 4.74 Å². The van der Waals surface area contributed by atoms with Crippen molar-refractivity contribution in [2.45, 2.75) is 0 Å². The zero-order valence-electron chi connectivity index (χ0n) is 16.9. The van der Waals surface area contributed by atoms with Gasteiger partial charge in [-0.3, -0.25) is 0 Å². The summed E-state index contributed by atoms with van der Waals surface area (Å²) in [6.07, 6.45) is 0. The van der Waals surface area contributed by atoms with Crippen molar-refractivity contribution >= 4 is 21.5 Å². The van der Waals surface area contributed by atoms with E-state index >= 15 is 8.78 Å². The lowest BCUT2D eigenvalue weighted by Gasteiger charge is -2.19. The van der Waals surface area contributed by atoms with Crippen molar-refractivity contribution in [1.29, 1.82) is 0 Å². The Hall–Kier alpha value is -3.86. The highest BCUT2D eigenvalue weighted by Crippen LogP contribution is 2.45. The maximum Gasteiger partial charge on any atom is 0.159 e. The van der Waals surface area contributed by atoms with Crippen molar-refractivity contribution in [1.82, 2.24) is 0 Å². The van der Waals surface area contributed by atoms with Gasteiger partial charge in [0, 0.05) is 21.9 Å². The molecule has 1 nitrogen and oxygen atoms in total. The monoisotopic (exact) mass is 432 g/mol. The van der Waals surface area contributed by atoms with Gasteiger partial charge in [0.15, 0.2) is 11.6 Å². The Morgan fingerprint density at radius 1 is 0.531 bits per heavy atom. The average Bonchev–Trinajstić information content (AvgIpc) is 2.82. The molecular formula is C27H16F4O. The molecule has 0 saturated heterocycles. The first-order valence-electron chi connectivity index (χ1n) is 9.92. The van der Waals surface area contributed by atoms with Crippen molar-refractivity contribution in [2.24, 2.45) is 0 Å². The van der Waals surface area contributed by atoms with E-state index in [4.69, 9.17) is 4.74 Å². The molecule has 0 fully saturated rings. The first-order valence-corrected chi connectivity index (χ1v) is 9.92. The van der Waals surface area contributed by atoms with Crippen LogP contribution < -0.4 is 4.74 Å². The SMILES string of the molecule is COc1ccc(-c2c3ccccc3c(-c3ccc(F)c(F)c3)c3c(F)ccc(F)c23)cc1. The molecule has 0 aliphatic carbocycles. The van der Waals surface area contributed by atoms with Crippen LogP contribution in [0.1, 0.15) is 0 Å². The van der Waals surface area contributed by atoms with E-state index in [9.17, 15) is 8.78 Å². The summed E-state index contributed by atoms with van der Waals surface area (Å²) in [7, 11) is 1.55. The lowest BCUT2D eigenvalue weighted by atomic mass is 9.85. The third kappa shape index (κ3) is 3.09. The number of hydrogen-bond donors (Lipinski definition) is 0.